The van der Waals surface area contributed by atoms with E-state index in [9.17, 15) is 13.2 Å². The second-order valence-corrected chi connectivity index (χ2v) is 11.3. The second kappa shape index (κ2) is 12.0. The van der Waals surface area contributed by atoms with E-state index in [0.29, 0.717) is 11.4 Å². The molecule has 3 N–H and O–H groups in total. The van der Waals surface area contributed by atoms with Crippen LogP contribution in [-0.2, 0) is 14.8 Å². The number of aromatic amines is 1. The highest BCUT2D eigenvalue weighted by Gasteiger charge is 2.16. The Hall–Kier alpha value is -4.41. The zero-order valence-electron chi connectivity index (χ0n) is 20.7. The zero-order valence-corrected chi connectivity index (χ0v) is 22.4. The maximum absolute atomic E-state index is 12.6. The molecular formula is C29H25N5O3S2. The molecule has 196 valence electrons. The molecule has 0 spiro atoms. The maximum atomic E-state index is 12.6. The van der Waals surface area contributed by atoms with E-state index in [1.165, 1.54) is 30.1 Å². The predicted octanol–water partition coefficient (Wildman–Crippen LogP) is 6.06. The molecular weight excluding hydrogens is 530 g/mol. The van der Waals surface area contributed by atoms with Crippen LogP contribution in [0.5, 0.6) is 0 Å². The van der Waals surface area contributed by atoms with Gasteiger partial charge in [0, 0.05) is 35.2 Å². The molecule has 1 amide bonds. The minimum absolute atomic E-state index is 0.0722. The number of nitrogens with zero attached hydrogens (tertiary/aromatic N) is 2. The van der Waals surface area contributed by atoms with Crippen LogP contribution in [0, 0.1) is 0 Å². The number of rotatable bonds is 10. The molecule has 0 aliphatic carbocycles. The monoisotopic (exact) mass is 555 g/mol. The van der Waals surface area contributed by atoms with E-state index >= 15 is 0 Å². The number of carbonyl (C=O) groups is 1. The quantitative estimate of drug-likeness (QED) is 0.180. The van der Waals surface area contributed by atoms with Gasteiger partial charge in [-0.25, -0.2) is 18.4 Å². The van der Waals surface area contributed by atoms with E-state index < -0.39 is 10.0 Å². The van der Waals surface area contributed by atoms with Crippen molar-refractivity contribution in [3.63, 3.8) is 0 Å². The van der Waals surface area contributed by atoms with Gasteiger partial charge in [0.1, 0.15) is 5.82 Å². The predicted molar refractivity (Wildman–Crippen MR) is 155 cm³/mol. The van der Waals surface area contributed by atoms with Crippen molar-refractivity contribution in [3.05, 3.63) is 109 Å². The first-order valence-electron chi connectivity index (χ1n) is 12.2. The summed E-state index contributed by atoms with van der Waals surface area (Å²) in [7, 11) is -3.78. The molecule has 3 aromatic carbocycles. The van der Waals surface area contributed by atoms with Crippen LogP contribution in [0.2, 0.25) is 0 Å². The molecule has 5 aromatic rings. The minimum atomic E-state index is -3.78. The molecule has 0 radical (unpaired) electrons. The molecule has 0 saturated heterocycles. The Bertz CT molecular complexity index is 1590. The van der Waals surface area contributed by atoms with E-state index in [2.05, 4.69) is 20.0 Å². The van der Waals surface area contributed by atoms with Crippen LogP contribution < -0.4 is 10.0 Å². The zero-order chi connectivity index (χ0) is 27.1. The van der Waals surface area contributed by atoms with Gasteiger partial charge in [-0.2, -0.15) is 0 Å². The topological polar surface area (TPSA) is 117 Å². The van der Waals surface area contributed by atoms with E-state index in [-0.39, 0.29) is 23.0 Å². The number of amides is 1. The number of pyridine rings is 1. The summed E-state index contributed by atoms with van der Waals surface area (Å²) in [6, 6.07) is 31.0. The number of hydrogen-bond acceptors (Lipinski definition) is 6. The number of imidazole rings is 1. The molecule has 0 aliphatic rings. The Labute approximate surface area is 231 Å². The van der Waals surface area contributed by atoms with Crippen molar-refractivity contribution >= 4 is 39.2 Å². The first kappa shape index (κ1) is 26.2. The molecule has 0 saturated carbocycles. The lowest BCUT2D eigenvalue weighted by molar-refractivity contribution is -0.115. The fourth-order valence-electron chi connectivity index (χ4n) is 3.84. The average molecular weight is 556 g/mol. The number of aromatic nitrogens is 3. The Morgan fingerprint density at radius 2 is 1.49 bits per heavy atom. The lowest BCUT2D eigenvalue weighted by Crippen LogP contribution is -2.15. The molecule has 2 aromatic heterocycles. The van der Waals surface area contributed by atoms with E-state index in [4.69, 9.17) is 4.98 Å². The maximum Gasteiger partial charge on any atom is 0.263 e. The molecule has 0 unspecified atom stereocenters. The molecule has 0 aliphatic heterocycles. The van der Waals surface area contributed by atoms with Gasteiger partial charge in [0.05, 0.1) is 16.3 Å². The molecule has 39 heavy (non-hydrogen) atoms. The summed E-state index contributed by atoms with van der Waals surface area (Å²) in [4.78, 5) is 24.8. The van der Waals surface area contributed by atoms with Crippen molar-refractivity contribution in [2.45, 2.75) is 16.5 Å². The van der Waals surface area contributed by atoms with Gasteiger partial charge in [0.25, 0.3) is 10.0 Å². The van der Waals surface area contributed by atoms with Crippen molar-refractivity contribution < 1.29 is 13.2 Å². The minimum Gasteiger partial charge on any atom is -0.332 e. The first-order chi connectivity index (χ1) is 19.0. The van der Waals surface area contributed by atoms with Gasteiger partial charge < -0.3 is 10.3 Å². The number of nitrogens with one attached hydrogen (secondary N) is 3. The third-order valence-corrected chi connectivity index (χ3v) is 7.96. The van der Waals surface area contributed by atoms with Crippen LogP contribution in [0.1, 0.15) is 6.42 Å². The van der Waals surface area contributed by atoms with E-state index in [1.807, 2.05) is 60.7 Å². The summed E-state index contributed by atoms with van der Waals surface area (Å²) < 4.78 is 27.6. The van der Waals surface area contributed by atoms with Gasteiger partial charge in [-0.1, -0.05) is 78.5 Å². The molecule has 0 atom stereocenters. The van der Waals surface area contributed by atoms with Crippen LogP contribution in [-0.4, -0.2) is 35.0 Å². The lowest BCUT2D eigenvalue weighted by atomic mass is 10.1. The average Bonchev–Trinajstić information content (AvgIpc) is 3.39. The van der Waals surface area contributed by atoms with Crippen molar-refractivity contribution in [3.8, 4) is 22.5 Å². The smallest absolute Gasteiger partial charge is 0.263 e. The first-order valence-corrected chi connectivity index (χ1v) is 14.6. The van der Waals surface area contributed by atoms with Gasteiger partial charge >= 0.3 is 0 Å². The number of carbonyl (C=O) groups excluding carboxylic acids is 1. The number of anilines is 2. The van der Waals surface area contributed by atoms with Gasteiger partial charge in [-0.05, 0) is 36.4 Å². The van der Waals surface area contributed by atoms with Crippen LogP contribution in [0.3, 0.4) is 0 Å². The summed E-state index contributed by atoms with van der Waals surface area (Å²) in [6.07, 6.45) is 1.76. The normalized spacial score (nSPS) is 11.2. The van der Waals surface area contributed by atoms with Crippen LogP contribution in [0.25, 0.3) is 22.5 Å². The molecule has 8 nitrogen and oxygen atoms in total. The summed E-state index contributed by atoms with van der Waals surface area (Å²) in [6.45, 7) is 0. The van der Waals surface area contributed by atoms with Crippen molar-refractivity contribution in [2.24, 2.45) is 0 Å². The van der Waals surface area contributed by atoms with Crippen LogP contribution in [0.4, 0.5) is 11.5 Å². The van der Waals surface area contributed by atoms with Gasteiger partial charge in [0.15, 0.2) is 5.16 Å². The van der Waals surface area contributed by atoms with Crippen molar-refractivity contribution in [1.29, 1.82) is 0 Å². The van der Waals surface area contributed by atoms with Gasteiger partial charge in [0.2, 0.25) is 5.91 Å². The van der Waals surface area contributed by atoms with Crippen molar-refractivity contribution in [2.75, 3.05) is 15.8 Å². The van der Waals surface area contributed by atoms with Gasteiger partial charge in [-0.3, -0.25) is 9.52 Å². The molecule has 10 heteroatoms. The third kappa shape index (κ3) is 6.73. The largest absolute Gasteiger partial charge is 0.332 e. The Kier molecular flexibility index (Phi) is 8.04. The number of hydrogen-bond donors (Lipinski definition) is 3. The lowest BCUT2D eigenvalue weighted by Gasteiger charge is -2.09. The molecule has 5 rings (SSSR count). The fraction of sp³-hybridized carbons (Fsp3) is 0.0690. The number of sulfonamides is 1. The molecule has 0 bridgehead atoms. The Morgan fingerprint density at radius 3 is 2.15 bits per heavy atom. The highest BCUT2D eigenvalue weighted by atomic mass is 32.2. The summed E-state index contributed by atoms with van der Waals surface area (Å²) in [5, 5.41) is 3.55. The van der Waals surface area contributed by atoms with Crippen LogP contribution in [0.15, 0.2) is 119 Å². The summed E-state index contributed by atoms with van der Waals surface area (Å²) in [5.41, 5.74) is 4.35. The number of H-pyrrole nitrogens is 1. The van der Waals surface area contributed by atoms with Crippen LogP contribution >= 0.6 is 11.8 Å². The Morgan fingerprint density at radius 1 is 0.821 bits per heavy atom. The highest BCUT2D eigenvalue weighted by Crippen LogP contribution is 2.32. The number of benzene rings is 3. The van der Waals surface area contributed by atoms with E-state index in [1.54, 1.807) is 30.3 Å². The second-order valence-electron chi connectivity index (χ2n) is 8.49. The van der Waals surface area contributed by atoms with Gasteiger partial charge in [-0.15, -0.1) is 0 Å². The highest BCUT2D eigenvalue weighted by molar-refractivity contribution is 7.99. The summed E-state index contributed by atoms with van der Waals surface area (Å²) in [5.74, 6) is 0.570. The SMILES string of the molecule is O=C(CCSc1nc(-c2ccccc2)c(-c2ccccc2)[nH]1)Nc1ccc(S(=O)(=O)Nc2ccccn2)cc1. The van der Waals surface area contributed by atoms with Crippen molar-refractivity contribution in [1.82, 2.24) is 15.0 Å². The Balaban J connectivity index is 1.19. The third-order valence-electron chi connectivity index (χ3n) is 5.71. The number of thioether (sulfide) groups is 1. The standard InChI is InChI=1S/C29H25N5O3S2/c35-26(31-23-14-16-24(17-15-23)39(36,37)34-25-13-7-8-19-30-25)18-20-38-29-32-27(21-9-3-1-4-10-21)28(33-29)22-11-5-2-6-12-22/h1-17,19H,18,20H2,(H,30,34)(H,31,35)(H,32,33). The fourth-order valence-corrected chi connectivity index (χ4v) is 5.66. The van der Waals surface area contributed by atoms with E-state index in [0.717, 1.165) is 27.7 Å². The summed E-state index contributed by atoms with van der Waals surface area (Å²) >= 11 is 1.47. The molecule has 0 fully saturated rings. The molecule has 2 heterocycles.